The third-order valence-corrected chi connectivity index (χ3v) is 11.2. The molecule has 0 fully saturated rings. The lowest BCUT2D eigenvalue weighted by Crippen LogP contribution is -2.40. The van der Waals surface area contributed by atoms with Crippen molar-refractivity contribution in [1.29, 1.82) is 0 Å². The summed E-state index contributed by atoms with van der Waals surface area (Å²) in [5.74, 6) is -2.03. The van der Waals surface area contributed by atoms with Crippen LogP contribution in [-0.2, 0) is 33.3 Å². The topological polar surface area (TPSA) is 108 Å². The number of carboxylic acids is 1. The van der Waals surface area contributed by atoms with Crippen LogP contribution >= 0.6 is 0 Å². The van der Waals surface area contributed by atoms with E-state index in [9.17, 15) is 19.5 Å². The third-order valence-electron chi connectivity index (χ3n) is 11.2. The molecular weight excluding hydrogens is 815 g/mol. The molecule has 0 radical (unpaired) electrons. The molecule has 0 spiro atoms. The fourth-order valence-electron chi connectivity index (χ4n) is 7.11. The highest BCUT2D eigenvalue weighted by molar-refractivity contribution is 5.71. The molecule has 0 aliphatic heterocycles. The van der Waals surface area contributed by atoms with Crippen molar-refractivity contribution in [2.24, 2.45) is 0 Å². The minimum Gasteiger partial charge on any atom is -0.477 e. The van der Waals surface area contributed by atoms with Gasteiger partial charge in [-0.15, -0.1) is 0 Å². The lowest BCUT2D eigenvalue weighted by molar-refractivity contribution is -0.870. The van der Waals surface area contributed by atoms with Crippen LogP contribution in [0.1, 0.15) is 219 Å². The number of ether oxygens (including phenoxy) is 4. The van der Waals surface area contributed by atoms with Gasteiger partial charge in [0.05, 0.1) is 34.4 Å². The Morgan fingerprint density at radius 3 is 1.26 bits per heavy atom. The predicted octanol–water partition coefficient (Wildman–Crippen LogP) is 14.9. The van der Waals surface area contributed by atoms with Gasteiger partial charge in [0.15, 0.2) is 6.10 Å². The molecule has 0 saturated heterocycles. The van der Waals surface area contributed by atoms with Crippen molar-refractivity contribution in [1.82, 2.24) is 0 Å². The first-order valence-corrected chi connectivity index (χ1v) is 26.5. The fraction of sp³-hybridized carbons (Fsp3) is 0.768. The molecule has 2 atom stereocenters. The highest BCUT2D eigenvalue weighted by Crippen LogP contribution is 2.14. The van der Waals surface area contributed by atoms with E-state index in [-0.39, 0.29) is 32.2 Å². The molecular formula is C56H100NO8+. The van der Waals surface area contributed by atoms with Gasteiger partial charge in [0, 0.05) is 12.8 Å². The second-order valence-corrected chi connectivity index (χ2v) is 18.8. The predicted molar refractivity (Wildman–Crippen MR) is 272 cm³/mol. The minimum atomic E-state index is -1.52. The van der Waals surface area contributed by atoms with Crippen molar-refractivity contribution in [3.8, 4) is 0 Å². The first kappa shape index (κ1) is 62.0. The molecule has 0 aromatic rings. The van der Waals surface area contributed by atoms with Gasteiger partial charge in [0.1, 0.15) is 13.2 Å². The van der Waals surface area contributed by atoms with Crippen LogP contribution in [0.5, 0.6) is 0 Å². The number of carbonyl (C=O) groups is 3. The zero-order valence-electron chi connectivity index (χ0n) is 42.6. The zero-order valence-corrected chi connectivity index (χ0v) is 42.6. The Hall–Kier alpha value is -3.01. The van der Waals surface area contributed by atoms with E-state index in [1.807, 2.05) is 21.1 Å². The molecule has 0 amide bonds. The standard InChI is InChI=1S/C56H99NO8/c1-6-8-10-12-14-16-18-20-22-24-26-27-29-30-32-34-36-38-40-42-44-46-53(58)63-50-52(51-64-56(55(60)61)62-49-48-57(3,4)5)65-54(59)47-45-43-41-39-37-35-33-31-28-25-23-21-19-17-15-13-11-9-7-2/h15,17-18,20-21,23-24,26,28,31,52,56H,6-14,16,19,22,25,27,29-30,32-51H2,1-5H3/p+1/b17-15-,20-18-,23-21-,26-24-,31-28-. The fourth-order valence-corrected chi connectivity index (χ4v) is 7.11. The number of quaternary nitrogens is 1. The van der Waals surface area contributed by atoms with Crippen LogP contribution in [0.15, 0.2) is 60.8 Å². The molecule has 9 heteroatoms. The number of unbranched alkanes of at least 4 members (excludes halogenated alkanes) is 23. The van der Waals surface area contributed by atoms with Gasteiger partial charge in [0.25, 0.3) is 6.29 Å². The SMILES string of the molecule is CCCCC/C=C\C/C=C\C/C=C\CCCCCCCCC(=O)OC(COC(=O)CCCCCCCCCCC/C=C\C/C=C\CCCCCCC)COC(OCC[N+](C)(C)C)C(=O)O. The number of aliphatic carboxylic acids is 1. The van der Waals surface area contributed by atoms with E-state index in [1.165, 1.54) is 109 Å². The molecule has 0 aliphatic carbocycles. The van der Waals surface area contributed by atoms with Gasteiger partial charge >= 0.3 is 17.9 Å². The number of carbonyl (C=O) groups excluding carboxylic acids is 2. The van der Waals surface area contributed by atoms with Crippen LogP contribution in [0.3, 0.4) is 0 Å². The lowest BCUT2D eigenvalue weighted by atomic mass is 10.1. The first-order chi connectivity index (χ1) is 31.6. The maximum absolute atomic E-state index is 12.8. The summed E-state index contributed by atoms with van der Waals surface area (Å²) in [6, 6.07) is 0. The van der Waals surface area contributed by atoms with E-state index < -0.39 is 24.3 Å². The Morgan fingerprint density at radius 1 is 0.462 bits per heavy atom. The summed E-state index contributed by atoms with van der Waals surface area (Å²) in [5.41, 5.74) is 0. The molecule has 0 bridgehead atoms. The maximum atomic E-state index is 12.8. The summed E-state index contributed by atoms with van der Waals surface area (Å²) in [5, 5.41) is 9.68. The molecule has 0 aromatic heterocycles. The quantitative estimate of drug-likeness (QED) is 0.0211. The summed E-state index contributed by atoms with van der Waals surface area (Å²) >= 11 is 0. The van der Waals surface area contributed by atoms with E-state index in [0.29, 0.717) is 23.9 Å². The van der Waals surface area contributed by atoms with Crippen molar-refractivity contribution in [3.63, 3.8) is 0 Å². The van der Waals surface area contributed by atoms with Crippen LogP contribution in [0.2, 0.25) is 0 Å². The Morgan fingerprint density at radius 2 is 0.831 bits per heavy atom. The smallest absolute Gasteiger partial charge is 0.361 e. The molecule has 0 aromatic carbocycles. The largest absolute Gasteiger partial charge is 0.477 e. The Balaban J connectivity index is 4.36. The molecule has 0 saturated carbocycles. The molecule has 1 N–H and O–H groups in total. The Bertz CT molecular complexity index is 1250. The van der Waals surface area contributed by atoms with E-state index in [1.54, 1.807) is 0 Å². The van der Waals surface area contributed by atoms with E-state index in [2.05, 4.69) is 74.6 Å². The average molecular weight is 915 g/mol. The zero-order chi connectivity index (χ0) is 47.7. The summed E-state index contributed by atoms with van der Waals surface area (Å²) in [6.45, 7) is 4.82. The van der Waals surface area contributed by atoms with Crippen molar-refractivity contribution in [3.05, 3.63) is 60.8 Å². The van der Waals surface area contributed by atoms with Gasteiger partial charge in [0.2, 0.25) is 0 Å². The highest BCUT2D eigenvalue weighted by atomic mass is 16.7. The van der Waals surface area contributed by atoms with E-state index in [4.69, 9.17) is 18.9 Å². The Labute approximate surface area is 399 Å². The van der Waals surface area contributed by atoms with Gasteiger partial charge in [-0.3, -0.25) is 9.59 Å². The normalized spacial score (nSPS) is 13.3. The molecule has 0 aliphatic rings. The van der Waals surface area contributed by atoms with Crippen LogP contribution in [-0.4, -0.2) is 87.4 Å². The Kier molecular flexibility index (Phi) is 45.3. The number of nitrogens with zero attached hydrogens (tertiary/aromatic N) is 1. The van der Waals surface area contributed by atoms with Gasteiger partial charge in [-0.25, -0.2) is 4.79 Å². The van der Waals surface area contributed by atoms with Gasteiger partial charge in [-0.05, 0) is 83.5 Å². The van der Waals surface area contributed by atoms with Gasteiger partial charge in [-0.2, -0.15) is 0 Å². The second kappa shape index (κ2) is 47.5. The first-order valence-electron chi connectivity index (χ1n) is 26.5. The van der Waals surface area contributed by atoms with Crippen molar-refractivity contribution in [2.75, 3.05) is 47.5 Å². The van der Waals surface area contributed by atoms with Gasteiger partial charge < -0.3 is 28.5 Å². The van der Waals surface area contributed by atoms with Crippen LogP contribution in [0.25, 0.3) is 0 Å². The number of allylic oxidation sites excluding steroid dienone is 10. The number of carboxylic acid groups (broad SMARTS) is 1. The van der Waals surface area contributed by atoms with E-state index in [0.717, 1.165) is 77.0 Å². The molecule has 9 nitrogen and oxygen atoms in total. The summed E-state index contributed by atoms with van der Waals surface area (Å²) < 4.78 is 22.8. The van der Waals surface area contributed by atoms with Crippen molar-refractivity contribution in [2.45, 2.75) is 232 Å². The number of hydrogen-bond donors (Lipinski definition) is 1. The monoisotopic (exact) mass is 915 g/mol. The highest BCUT2D eigenvalue weighted by Gasteiger charge is 2.25. The van der Waals surface area contributed by atoms with Crippen LogP contribution in [0.4, 0.5) is 0 Å². The summed E-state index contributed by atoms with van der Waals surface area (Å²) in [4.78, 5) is 37.3. The number of hydrogen-bond acceptors (Lipinski definition) is 7. The minimum absolute atomic E-state index is 0.182. The summed E-state index contributed by atoms with van der Waals surface area (Å²) in [6.07, 6.45) is 55.6. The number of rotatable bonds is 48. The van der Waals surface area contributed by atoms with Crippen LogP contribution in [0, 0.1) is 0 Å². The van der Waals surface area contributed by atoms with E-state index >= 15 is 0 Å². The third kappa shape index (κ3) is 48.7. The number of likely N-dealkylation sites (N-methyl/N-ethyl adjacent to an activating group) is 1. The summed E-state index contributed by atoms with van der Waals surface area (Å²) in [7, 11) is 5.95. The van der Waals surface area contributed by atoms with Crippen molar-refractivity contribution < 1.29 is 42.9 Å². The molecule has 376 valence electrons. The molecule has 2 unspecified atom stereocenters. The van der Waals surface area contributed by atoms with Crippen LogP contribution < -0.4 is 0 Å². The lowest BCUT2D eigenvalue weighted by Gasteiger charge is -2.25. The molecule has 0 rings (SSSR count). The van der Waals surface area contributed by atoms with Gasteiger partial charge in [-0.1, -0.05) is 184 Å². The average Bonchev–Trinajstić information content (AvgIpc) is 3.27. The maximum Gasteiger partial charge on any atom is 0.361 e. The second-order valence-electron chi connectivity index (χ2n) is 18.8. The number of esters is 2. The molecule has 0 heterocycles. The van der Waals surface area contributed by atoms with Crippen molar-refractivity contribution >= 4 is 17.9 Å². The molecule has 65 heavy (non-hydrogen) atoms.